The van der Waals surface area contributed by atoms with E-state index in [1.807, 2.05) is 0 Å². The van der Waals surface area contributed by atoms with Gasteiger partial charge in [-0.2, -0.15) is 0 Å². The first-order valence-electron chi connectivity index (χ1n) is 7.58. The normalized spacial score (nSPS) is 13.9. The first-order valence-corrected chi connectivity index (χ1v) is 7.58. The molecule has 0 radical (unpaired) electrons. The summed E-state index contributed by atoms with van der Waals surface area (Å²) in [6, 6.07) is 20.0. The smallest absolute Gasteiger partial charge is 0.0292 e. The fourth-order valence-electron chi connectivity index (χ4n) is 2.41. The molecule has 2 unspecified atom stereocenters. The van der Waals surface area contributed by atoms with Gasteiger partial charge in [-0.05, 0) is 36.0 Å². The number of hydrogen-bond acceptors (Lipinski definition) is 1. The third kappa shape index (κ3) is 3.94. The molecule has 0 aliphatic carbocycles. The van der Waals surface area contributed by atoms with Gasteiger partial charge in [0.05, 0.1) is 0 Å². The lowest BCUT2D eigenvalue weighted by Gasteiger charge is -2.18. The molecule has 0 spiro atoms. The molecule has 2 atom stereocenters. The Balaban J connectivity index is 1.89. The van der Waals surface area contributed by atoms with E-state index in [4.69, 9.17) is 0 Å². The predicted molar refractivity (Wildman–Crippen MR) is 87.1 cm³/mol. The van der Waals surface area contributed by atoms with Crippen molar-refractivity contribution in [3.8, 4) is 0 Å². The highest BCUT2D eigenvalue weighted by molar-refractivity contribution is 5.25. The van der Waals surface area contributed by atoms with Crippen LogP contribution in [0.25, 0.3) is 0 Å². The van der Waals surface area contributed by atoms with Gasteiger partial charge in [-0.3, -0.25) is 0 Å². The highest BCUT2D eigenvalue weighted by atomic mass is 14.9. The van der Waals surface area contributed by atoms with Crippen LogP contribution in [0.2, 0.25) is 0 Å². The lowest BCUT2D eigenvalue weighted by atomic mass is 10.00. The topological polar surface area (TPSA) is 12.0 Å². The Morgan fingerprint density at radius 1 is 0.850 bits per heavy atom. The molecule has 0 amide bonds. The lowest BCUT2D eigenvalue weighted by Crippen LogP contribution is -2.23. The number of rotatable bonds is 6. The van der Waals surface area contributed by atoms with Crippen LogP contribution in [0.5, 0.6) is 0 Å². The van der Waals surface area contributed by atoms with E-state index in [9.17, 15) is 0 Å². The van der Waals surface area contributed by atoms with E-state index in [2.05, 4.69) is 80.7 Å². The molecule has 2 aromatic carbocycles. The van der Waals surface area contributed by atoms with Gasteiger partial charge in [-0.25, -0.2) is 0 Å². The van der Waals surface area contributed by atoms with Crippen LogP contribution in [0.4, 0.5) is 0 Å². The van der Waals surface area contributed by atoms with Crippen molar-refractivity contribution >= 4 is 0 Å². The number of hydrogen-bond donors (Lipinski definition) is 1. The average molecular weight is 267 g/mol. The van der Waals surface area contributed by atoms with Crippen molar-refractivity contribution in [3.05, 3.63) is 71.3 Å². The molecule has 1 heteroatoms. The second-order valence-electron chi connectivity index (χ2n) is 5.54. The molecule has 2 aromatic rings. The van der Waals surface area contributed by atoms with E-state index >= 15 is 0 Å². The Kier molecular flexibility index (Phi) is 5.37. The van der Waals surface area contributed by atoms with Gasteiger partial charge in [-0.15, -0.1) is 0 Å². The third-order valence-electron chi connectivity index (χ3n) is 3.99. The summed E-state index contributed by atoms with van der Waals surface area (Å²) in [6.45, 7) is 7.70. The van der Waals surface area contributed by atoms with Crippen molar-refractivity contribution < 1.29 is 0 Å². The Morgan fingerprint density at radius 2 is 1.50 bits per heavy atom. The molecule has 0 saturated heterocycles. The van der Waals surface area contributed by atoms with Crippen LogP contribution in [-0.4, -0.2) is 6.54 Å². The van der Waals surface area contributed by atoms with Gasteiger partial charge in [-0.1, -0.05) is 68.4 Å². The number of benzene rings is 2. The van der Waals surface area contributed by atoms with Crippen LogP contribution in [0.3, 0.4) is 0 Å². The van der Waals surface area contributed by atoms with E-state index in [-0.39, 0.29) is 0 Å². The van der Waals surface area contributed by atoms with Gasteiger partial charge in [0, 0.05) is 12.6 Å². The summed E-state index contributed by atoms with van der Waals surface area (Å²) < 4.78 is 0. The van der Waals surface area contributed by atoms with Crippen molar-refractivity contribution in [3.63, 3.8) is 0 Å². The molecule has 0 aromatic heterocycles. The van der Waals surface area contributed by atoms with Gasteiger partial charge >= 0.3 is 0 Å². The van der Waals surface area contributed by atoms with Crippen molar-refractivity contribution in [2.45, 2.75) is 39.2 Å². The molecule has 1 N–H and O–H groups in total. The monoisotopic (exact) mass is 267 g/mol. The summed E-state index contributed by atoms with van der Waals surface area (Å²) in [6.07, 6.45) is 1.10. The zero-order valence-corrected chi connectivity index (χ0v) is 12.8. The zero-order chi connectivity index (χ0) is 14.4. The zero-order valence-electron chi connectivity index (χ0n) is 12.8. The minimum absolute atomic E-state index is 0.395. The Hall–Kier alpha value is -1.60. The van der Waals surface area contributed by atoms with Crippen LogP contribution in [-0.2, 0) is 6.42 Å². The lowest BCUT2D eigenvalue weighted by molar-refractivity contribution is 0.537. The molecule has 0 heterocycles. The maximum absolute atomic E-state index is 3.63. The van der Waals surface area contributed by atoms with Gasteiger partial charge in [0.15, 0.2) is 0 Å². The molecule has 2 rings (SSSR count). The molecule has 0 bridgehead atoms. The largest absolute Gasteiger partial charge is 0.310 e. The SMILES string of the molecule is CCc1ccc(C(C)NCC(C)c2ccccc2)cc1. The molecule has 1 nitrogen and oxygen atoms in total. The van der Waals surface area contributed by atoms with Crippen molar-refractivity contribution in [2.24, 2.45) is 0 Å². The van der Waals surface area contributed by atoms with E-state index < -0.39 is 0 Å². The summed E-state index contributed by atoms with van der Waals surface area (Å²) in [4.78, 5) is 0. The van der Waals surface area contributed by atoms with E-state index in [1.54, 1.807) is 0 Å². The summed E-state index contributed by atoms with van der Waals surface area (Å²) in [5.41, 5.74) is 4.16. The first kappa shape index (κ1) is 14.8. The summed E-state index contributed by atoms with van der Waals surface area (Å²) in [5, 5.41) is 3.63. The van der Waals surface area contributed by atoms with Crippen LogP contribution >= 0.6 is 0 Å². The van der Waals surface area contributed by atoms with Crippen LogP contribution in [0.15, 0.2) is 54.6 Å². The maximum Gasteiger partial charge on any atom is 0.0292 e. The van der Waals surface area contributed by atoms with Crippen LogP contribution in [0.1, 0.15) is 49.4 Å². The maximum atomic E-state index is 3.63. The molecule has 0 aliphatic rings. The van der Waals surface area contributed by atoms with Crippen LogP contribution in [0, 0.1) is 0 Å². The van der Waals surface area contributed by atoms with Gasteiger partial charge < -0.3 is 5.32 Å². The minimum Gasteiger partial charge on any atom is -0.310 e. The third-order valence-corrected chi connectivity index (χ3v) is 3.99. The van der Waals surface area contributed by atoms with Gasteiger partial charge in [0.1, 0.15) is 0 Å². The average Bonchev–Trinajstić information content (AvgIpc) is 2.53. The molecule has 0 aliphatic heterocycles. The fourth-order valence-corrected chi connectivity index (χ4v) is 2.41. The van der Waals surface area contributed by atoms with Crippen molar-refractivity contribution in [1.82, 2.24) is 5.32 Å². The summed E-state index contributed by atoms with van der Waals surface area (Å²) in [5.74, 6) is 0.536. The van der Waals surface area contributed by atoms with E-state index in [0.29, 0.717) is 12.0 Å². The number of aryl methyl sites for hydroxylation is 1. The molecule has 0 fully saturated rings. The first-order chi connectivity index (χ1) is 9.70. The summed E-state index contributed by atoms with van der Waals surface area (Å²) >= 11 is 0. The van der Waals surface area contributed by atoms with Crippen molar-refractivity contribution in [1.29, 1.82) is 0 Å². The Bertz CT molecular complexity index is 501. The molecule has 0 saturated carbocycles. The molecule has 20 heavy (non-hydrogen) atoms. The predicted octanol–water partition coefficient (Wildman–Crippen LogP) is 4.70. The highest BCUT2D eigenvalue weighted by Crippen LogP contribution is 2.17. The van der Waals surface area contributed by atoms with E-state index in [0.717, 1.165) is 13.0 Å². The van der Waals surface area contributed by atoms with Gasteiger partial charge in [0.25, 0.3) is 0 Å². The Morgan fingerprint density at radius 3 is 2.10 bits per heavy atom. The van der Waals surface area contributed by atoms with Gasteiger partial charge in [0.2, 0.25) is 0 Å². The van der Waals surface area contributed by atoms with Crippen molar-refractivity contribution in [2.75, 3.05) is 6.54 Å². The Labute approximate surface area is 123 Å². The second kappa shape index (κ2) is 7.25. The fraction of sp³-hybridized carbons (Fsp3) is 0.368. The molecular formula is C19H25N. The summed E-state index contributed by atoms with van der Waals surface area (Å²) in [7, 11) is 0. The van der Waals surface area contributed by atoms with Crippen LogP contribution < -0.4 is 5.32 Å². The minimum atomic E-state index is 0.395. The highest BCUT2D eigenvalue weighted by Gasteiger charge is 2.08. The van der Waals surface area contributed by atoms with E-state index in [1.165, 1.54) is 16.7 Å². The quantitative estimate of drug-likeness (QED) is 0.799. The molecule has 106 valence electrons. The molecular weight excluding hydrogens is 242 g/mol. The number of nitrogens with one attached hydrogen (secondary N) is 1. The second-order valence-corrected chi connectivity index (χ2v) is 5.54. The standard InChI is InChI=1S/C19H25N/c1-4-17-10-12-19(13-11-17)16(3)20-14-15(2)18-8-6-5-7-9-18/h5-13,15-16,20H,4,14H2,1-3H3.